The van der Waals surface area contributed by atoms with Crippen molar-refractivity contribution >= 4 is 19.0 Å². The predicted molar refractivity (Wildman–Crippen MR) is 255 cm³/mol. The van der Waals surface area contributed by atoms with Gasteiger partial charge in [-0.2, -0.15) is 9.13 Å². The topological polar surface area (TPSA) is 20.1 Å². The van der Waals surface area contributed by atoms with E-state index in [1.165, 1.54) is 135 Å². The fraction of sp³-hybridized carbons (Fsp3) is 0.589. The lowest BCUT2D eigenvalue weighted by Gasteiger charge is -2.42. The molecule has 4 unspecified atom stereocenters. The number of allylic oxidation sites excluding steroid dienone is 4. The third-order valence-corrected chi connectivity index (χ3v) is 18.5. The van der Waals surface area contributed by atoms with Gasteiger partial charge in [-0.25, -0.2) is 0 Å². The summed E-state index contributed by atoms with van der Waals surface area (Å²) in [6.07, 6.45) is 36.4. The molecule has 3 saturated carbocycles. The van der Waals surface area contributed by atoms with E-state index in [9.17, 15) is 0 Å². The summed E-state index contributed by atoms with van der Waals surface area (Å²) in [7, 11) is -1.67. The van der Waals surface area contributed by atoms with Gasteiger partial charge in [0, 0.05) is 40.1 Å². The number of aliphatic imine (C=N–C) groups is 1. The minimum absolute atomic E-state index is 0.0825. The van der Waals surface area contributed by atoms with E-state index in [2.05, 4.69) is 123 Å². The Labute approximate surface area is 365 Å². The Balaban J connectivity index is 1.19. The van der Waals surface area contributed by atoms with Gasteiger partial charge in [0.15, 0.2) is 30.7 Å². The Hall–Kier alpha value is -3.37. The Morgan fingerprint density at radius 1 is 0.833 bits per heavy atom. The van der Waals surface area contributed by atoms with Crippen molar-refractivity contribution in [1.82, 2.24) is 0 Å². The average molecular weight is 820 g/mol. The second-order valence-electron chi connectivity index (χ2n) is 22.2. The first-order valence-corrected chi connectivity index (χ1v) is 28.2. The highest BCUT2D eigenvalue weighted by Crippen LogP contribution is 2.49. The van der Waals surface area contributed by atoms with E-state index in [4.69, 9.17) is 11.6 Å². The summed E-state index contributed by atoms with van der Waals surface area (Å²) in [5, 5.41) is 1.66. The molecule has 0 bridgehead atoms. The van der Waals surface area contributed by atoms with Crippen molar-refractivity contribution in [2.45, 2.75) is 181 Å². The largest absolute Gasteiger partial charge is 0.285 e. The lowest BCUT2D eigenvalue weighted by atomic mass is 9.65. The van der Waals surface area contributed by atoms with Crippen molar-refractivity contribution in [1.29, 1.82) is 0 Å². The van der Waals surface area contributed by atoms with E-state index in [1.54, 1.807) is 10.8 Å². The number of rotatable bonds is 8. The van der Waals surface area contributed by atoms with Gasteiger partial charge >= 0.3 is 0 Å². The molecule has 1 aromatic carbocycles. The molecule has 9 rings (SSSR count). The van der Waals surface area contributed by atoms with Gasteiger partial charge in [0.2, 0.25) is 5.69 Å². The molecule has 318 valence electrons. The SMILES string of the molecule is C=C1C[n+]2ccc(CC3CCCC3)cc2CC2N=C(CC3CCCC3)C=CC2(C)[C@@H](C=C(C)C)CCC2c3ccccc3-c3cc(CC4CCCC4)c([Si](C)(C)C)c[n+]3C12. The molecular weight excluding hydrogens is 743 g/mol. The van der Waals surface area contributed by atoms with Crippen LogP contribution in [0.3, 0.4) is 0 Å². The monoisotopic (exact) mass is 820 g/mol. The molecule has 0 radical (unpaired) electrons. The summed E-state index contributed by atoms with van der Waals surface area (Å²) in [6.45, 7) is 20.9. The van der Waals surface area contributed by atoms with Crippen molar-refractivity contribution < 1.29 is 9.13 Å². The molecule has 3 nitrogen and oxygen atoms in total. The van der Waals surface area contributed by atoms with Crippen LogP contribution >= 0.6 is 0 Å². The van der Waals surface area contributed by atoms with Crippen molar-refractivity contribution in [3.63, 3.8) is 0 Å². The maximum Gasteiger partial charge on any atom is 0.213 e. The first-order chi connectivity index (χ1) is 28.9. The molecule has 0 amide bonds. The van der Waals surface area contributed by atoms with Gasteiger partial charge in [-0.3, -0.25) is 4.99 Å². The second-order valence-corrected chi connectivity index (χ2v) is 27.3. The standard InChI is InChI=1S/C56H77N3Si/c1-39(2)30-46-24-25-51-49-22-14-15-23-50(49)52-35-45(32-42-18-10-11-19-42)53(60(5,6)7)38-59(52)55(51)40(3)37-58-29-27-44(31-41-16-8-9-17-41)34-48(58)36-54-56(46,4)28-26-47(57-54)33-43-20-12-13-21-43/h14-15,22-23,26-30,34-35,38,41-43,46,51,54-55H,3,8-13,16-21,24-25,31-33,36-37H2,1-2,4-7H3/q+2/t46-,51?,54?,55?,56?/m1/s1. The lowest BCUT2D eigenvalue weighted by Crippen LogP contribution is -2.56. The first-order valence-electron chi connectivity index (χ1n) is 24.7. The van der Waals surface area contributed by atoms with Gasteiger partial charge in [0.05, 0.1) is 32.0 Å². The fourth-order valence-corrected chi connectivity index (χ4v) is 14.8. The zero-order valence-corrected chi connectivity index (χ0v) is 39.5. The van der Waals surface area contributed by atoms with Crippen LogP contribution in [0.1, 0.15) is 151 Å². The zero-order chi connectivity index (χ0) is 41.6. The predicted octanol–water partition coefficient (Wildman–Crippen LogP) is 12.7. The van der Waals surface area contributed by atoms with E-state index < -0.39 is 8.07 Å². The number of fused-ring (bicyclic) bond motifs is 8. The smallest absolute Gasteiger partial charge is 0.213 e. The van der Waals surface area contributed by atoms with Crippen LogP contribution in [-0.4, -0.2) is 19.8 Å². The van der Waals surface area contributed by atoms with Gasteiger partial charge in [-0.05, 0) is 98.5 Å². The van der Waals surface area contributed by atoms with Gasteiger partial charge in [0.25, 0.3) is 0 Å². The van der Waals surface area contributed by atoms with Gasteiger partial charge < -0.3 is 0 Å². The number of dihydropyridines is 1. The van der Waals surface area contributed by atoms with E-state index in [-0.39, 0.29) is 17.5 Å². The molecule has 60 heavy (non-hydrogen) atoms. The third kappa shape index (κ3) is 8.67. The fourth-order valence-electron chi connectivity index (χ4n) is 13.2. The van der Waals surface area contributed by atoms with Crippen LogP contribution in [0.15, 0.2) is 95.8 Å². The van der Waals surface area contributed by atoms with Crippen molar-refractivity contribution in [3.8, 4) is 11.3 Å². The Kier molecular flexibility index (Phi) is 12.2. The van der Waals surface area contributed by atoms with Crippen LogP contribution < -0.4 is 14.3 Å². The van der Waals surface area contributed by atoms with Crippen LogP contribution in [-0.2, 0) is 25.8 Å². The number of aromatic nitrogens is 2. The maximum absolute atomic E-state index is 5.86. The van der Waals surface area contributed by atoms with Gasteiger partial charge in [-0.15, -0.1) is 0 Å². The summed E-state index contributed by atoms with van der Waals surface area (Å²) >= 11 is 0. The summed E-state index contributed by atoms with van der Waals surface area (Å²) in [5.74, 6) is 3.17. The molecule has 5 heterocycles. The minimum Gasteiger partial charge on any atom is -0.285 e. The minimum atomic E-state index is -1.67. The highest BCUT2D eigenvalue weighted by molar-refractivity contribution is 6.89. The Morgan fingerprint density at radius 3 is 2.18 bits per heavy atom. The van der Waals surface area contributed by atoms with Crippen LogP contribution in [0.2, 0.25) is 19.6 Å². The number of pyridine rings is 2. The number of hydrogen-bond donors (Lipinski definition) is 0. The highest BCUT2D eigenvalue weighted by Gasteiger charge is 2.47. The van der Waals surface area contributed by atoms with Crippen molar-refractivity contribution in [2.75, 3.05) is 0 Å². The number of nitrogens with zero attached hydrogens (tertiary/aromatic N) is 3. The summed E-state index contributed by atoms with van der Waals surface area (Å²) in [6, 6.07) is 17.7. The highest BCUT2D eigenvalue weighted by atomic mass is 28.3. The second kappa shape index (κ2) is 17.4. The van der Waals surface area contributed by atoms with Crippen LogP contribution in [0.25, 0.3) is 11.3 Å². The lowest BCUT2D eigenvalue weighted by molar-refractivity contribution is -0.727. The van der Waals surface area contributed by atoms with E-state index >= 15 is 0 Å². The van der Waals surface area contributed by atoms with Crippen LogP contribution in [0, 0.1) is 29.1 Å². The summed E-state index contributed by atoms with van der Waals surface area (Å²) < 4.78 is 5.39. The summed E-state index contributed by atoms with van der Waals surface area (Å²) in [4.78, 5) is 5.86. The maximum atomic E-state index is 5.86. The summed E-state index contributed by atoms with van der Waals surface area (Å²) in [5.41, 5.74) is 13.0. The molecule has 6 aliphatic rings. The number of hydrogen-bond acceptors (Lipinski definition) is 1. The van der Waals surface area contributed by atoms with Crippen LogP contribution in [0.5, 0.6) is 0 Å². The molecule has 4 heteroatoms. The Morgan fingerprint density at radius 2 is 1.50 bits per heavy atom. The first kappa shape index (κ1) is 42.0. The molecule has 0 N–H and O–H groups in total. The molecule has 5 atom stereocenters. The quantitative estimate of drug-likeness (QED) is 0.123. The average Bonchev–Trinajstić information content (AvgIpc) is 4.04. The molecular formula is C56H77N3Si+2. The van der Waals surface area contributed by atoms with Crippen molar-refractivity contribution in [2.24, 2.45) is 34.1 Å². The molecule has 3 aliphatic heterocycles. The van der Waals surface area contributed by atoms with Gasteiger partial charge in [-0.1, -0.05) is 146 Å². The number of benzene rings is 1. The Bertz CT molecular complexity index is 2140. The van der Waals surface area contributed by atoms with Crippen LogP contribution in [0.4, 0.5) is 0 Å². The van der Waals surface area contributed by atoms with Gasteiger partial charge in [0.1, 0.15) is 0 Å². The molecule has 2 aromatic heterocycles. The molecule has 0 spiro atoms. The normalized spacial score (nSPS) is 27.6. The zero-order valence-electron chi connectivity index (χ0n) is 38.5. The van der Waals surface area contributed by atoms with E-state index in [0.29, 0.717) is 11.8 Å². The molecule has 0 saturated heterocycles. The molecule has 3 fully saturated rings. The molecule has 3 aliphatic carbocycles. The third-order valence-electron chi connectivity index (χ3n) is 16.5. The molecule has 3 aromatic rings. The van der Waals surface area contributed by atoms with E-state index in [1.807, 2.05) is 0 Å². The van der Waals surface area contributed by atoms with E-state index in [0.717, 1.165) is 50.0 Å². The van der Waals surface area contributed by atoms with Crippen molar-refractivity contribution in [3.05, 3.63) is 113 Å².